The van der Waals surface area contributed by atoms with Crippen molar-refractivity contribution in [3.05, 3.63) is 158 Å². The Bertz CT molecular complexity index is 4580. The van der Waals surface area contributed by atoms with Gasteiger partial charge in [-0.05, 0) is 125 Å². The van der Waals surface area contributed by atoms with Crippen molar-refractivity contribution in [1.82, 2.24) is 25.1 Å². The monoisotopic (exact) mass is 1520 g/mol. The highest BCUT2D eigenvalue weighted by Gasteiger charge is 2.51. The van der Waals surface area contributed by atoms with Crippen molar-refractivity contribution in [2.45, 2.75) is 177 Å². The summed E-state index contributed by atoms with van der Waals surface area (Å²) < 4.78 is 26.2. The Hall–Kier alpha value is -8.33. The molecule has 0 saturated carbocycles. The second-order valence-electron chi connectivity index (χ2n) is 29.6. The van der Waals surface area contributed by atoms with Crippen molar-refractivity contribution in [3.8, 4) is 34.3 Å². The van der Waals surface area contributed by atoms with Gasteiger partial charge in [0.1, 0.15) is 34.0 Å². The third-order valence-electron chi connectivity index (χ3n) is 20.6. The molecule has 11 rings (SSSR count). The van der Waals surface area contributed by atoms with Crippen molar-refractivity contribution in [1.29, 1.82) is 0 Å². The number of ether oxygens (including phenoxy) is 4. The number of fused-ring (bicyclic) bond motifs is 3. The van der Waals surface area contributed by atoms with Crippen molar-refractivity contribution >= 4 is 79.7 Å². The van der Waals surface area contributed by atoms with E-state index >= 15 is 0 Å². The van der Waals surface area contributed by atoms with Gasteiger partial charge in [-0.3, -0.25) is 24.4 Å². The summed E-state index contributed by atoms with van der Waals surface area (Å²) in [7, 11) is 1.47. The topological polar surface area (TPSA) is 316 Å². The predicted molar refractivity (Wildman–Crippen MR) is 424 cm³/mol. The number of benzene rings is 6. The molecule has 1 saturated heterocycles. The highest BCUT2D eigenvalue weighted by Crippen LogP contribution is 2.51. The van der Waals surface area contributed by atoms with Crippen molar-refractivity contribution in [2.75, 3.05) is 63.7 Å². The summed E-state index contributed by atoms with van der Waals surface area (Å²) >= 11 is 12.2. The number of carbonyl (C=O) groups is 3. The van der Waals surface area contributed by atoms with Gasteiger partial charge in [-0.2, -0.15) is 0 Å². The molecule has 5 aromatic carbocycles. The molecular weight excluding hydrogens is 1420 g/mol. The molecule has 1 aliphatic carbocycles. The number of Topliss-reactive ketones (excluding diaryl/α,β-unsaturated/α-hetero) is 1. The Labute approximate surface area is 642 Å². The van der Waals surface area contributed by atoms with E-state index in [0.29, 0.717) is 34.5 Å². The number of methoxy groups -OCH3 is 1. The standard InChI is InChI=1S/C46H62N4O11.C27H22Cl2N4.C10H24N2O2/c1-22(2)21-50-18-16-46(17-19-50)48-34-31-32-39(54)28(8)42-33(31)43(56)45(10,61-42)59-20-15-30(58-11)25(5)41(60-29(9)51)27(7)38(53)26(6)37(52)23(3)13-12-14-24(4)44(57)47-36(40(32)55)35(34)49-46;1-17(2)30-24-16-27-25(15-23(24)31-20-11-7-18(28)8-12-20)32-22-5-3-4-6-26(22)33(27)21-13-9-19(29)10-14-21;1-3-9(7-13)11-5-6-12-10(4-2)8-14/h12-15,20,22-23,25-27,30,37-38,41,48,52-55H,16-19,21H2,1-11H3;3-17,31H,1-2H3;9-14H,3-8H2,1-2H3/b13-12+,20-15+,24-14-,47-36?;;/t23-,25+,26+,27+,30-,37-,38+,41+,45-;;9-,10-/m0.0/s1. The number of aromatic nitrogens is 2. The summed E-state index contributed by atoms with van der Waals surface area (Å²) in [6.07, 6.45) is 6.95. The van der Waals surface area contributed by atoms with Crippen LogP contribution in [0.25, 0.3) is 38.9 Å². The molecule has 5 heterocycles. The predicted octanol–water partition coefficient (Wildman–Crippen LogP) is 11.9. The number of aliphatic hydroxyl groups excluding tert-OH is 4. The molecule has 1 spiro atoms. The molecular formula is C83H108Cl2N10O13. The van der Waals surface area contributed by atoms with E-state index in [0.717, 1.165) is 90.4 Å². The molecule has 0 unspecified atom stereocenters. The van der Waals surface area contributed by atoms with Crippen LogP contribution in [0.15, 0.2) is 136 Å². The van der Waals surface area contributed by atoms with Gasteiger partial charge in [0.2, 0.25) is 0 Å². The Morgan fingerprint density at radius 2 is 1.44 bits per heavy atom. The molecule has 11 atom stereocenters. The van der Waals surface area contributed by atoms with E-state index in [1.807, 2.05) is 80.6 Å². The molecule has 23 nitrogen and oxygen atoms in total. The number of rotatable bonds is 17. The van der Waals surface area contributed by atoms with E-state index in [-0.39, 0.29) is 81.0 Å². The molecule has 1 amide bonds. The molecule has 1 fully saturated rings. The molecule has 0 aromatic heterocycles. The van der Waals surface area contributed by atoms with Crippen LogP contribution in [0.2, 0.25) is 10.0 Å². The number of esters is 1. The van der Waals surface area contributed by atoms with Gasteiger partial charge in [0.25, 0.3) is 11.7 Å². The molecule has 4 bridgehead atoms. The SMILES string of the molecule is CC(C)N=c1cc2n(-c3ccc(Cl)cc3)c3ccccc3nc-2cc1Nc1ccc(Cl)cc1.CC[C@@H](CO)NCCN[C@@H](CC)CO.CO[C@H]1/C=C/O[C@@]2(C)Oc3c(C)c(O)c4c(O)c(c5c(c4c3C2=O)NC2(CCN(CC(C)C)CC2)N=5)=NC(=O)/C(C)=C\C=C\[C@H](C)[C@H](O)[C@@H](C)[C@@H](O)[C@@H](C)[C@H](OC(C)=O)[C@@H]1C. The maximum absolute atomic E-state index is 14.7. The summed E-state index contributed by atoms with van der Waals surface area (Å²) in [5, 5.41) is 80.6. The van der Waals surface area contributed by atoms with Crippen LogP contribution in [0.5, 0.6) is 17.2 Å². The highest BCUT2D eigenvalue weighted by atomic mass is 35.5. The van der Waals surface area contributed by atoms with Gasteiger partial charge >= 0.3 is 11.8 Å². The lowest BCUT2D eigenvalue weighted by molar-refractivity contribution is -0.160. The van der Waals surface area contributed by atoms with Gasteiger partial charge < -0.3 is 80.3 Å². The number of aliphatic hydroxyl groups is 4. The third-order valence-corrected chi connectivity index (χ3v) is 21.1. The molecule has 108 heavy (non-hydrogen) atoms. The summed E-state index contributed by atoms with van der Waals surface area (Å²) in [6.45, 7) is 29.8. The van der Waals surface area contributed by atoms with Gasteiger partial charge in [-0.1, -0.05) is 109 Å². The summed E-state index contributed by atoms with van der Waals surface area (Å²) in [5.74, 6) is -6.57. The van der Waals surface area contributed by atoms with Crippen LogP contribution < -0.4 is 42.1 Å². The molecule has 582 valence electrons. The first-order valence-corrected chi connectivity index (χ1v) is 38.2. The largest absolute Gasteiger partial charge is 0.507 e. The quantitative estimate of drug-likeness (QED) is 0.0175. The lowest BCUT2D eigenvalue weighted by Gasteiger charge is -2.38. The maximum Gasteiger partial charge on any atom is 0.312 e. The minimum Gasteiger partial charge on any atom is -0.507 e. The molecule has 10 N–H and O–H groups in total. The molecule has 5 aliphatic heterocycles. The number of hydrogen-bond donors (Lipinski definition) is 10. The first-order chi connectivity index (χ1) is 51.4. The Morgan fingerprint density at radius 1 is 0.815 bits per heavy atom. The Morgan fingerprint density at radius 3 is 2.04 bits per heavy atom. The van der Waals surface area contributed by atoms with Crippen LogP contribution in [-0.2, 0) is 23.8 Å². The fourth-order valence-corrected chi connectivity index (χ4v) is 14.6. The molecule has 25 heteroatoms. The smallest absolute Gasteiger partial charge is 0.312 e. The van der Waals surface area contributed by atoms with Gasteiger partial charge in [0.15, 0.2) is 5.75 Å². The van der Waals surface area contributed by atoms with E-state index in [2.05, 4.69) is 81.6 Å². The number of anilines is 3. The molecule has 6 aliphatic rings. The highest BCUT2D eigenvalue weighted by molar-refractivity contribution is 6.31. The van der Waals surface area contributed by atoms with Crippen LogP contribution in [0.4, 0.5) is 17.1 Å². The number of phenols is 2. The summed E-state index contributed by atoms with van der Waals surface area (Å²) in [5.41, 5.74) is 6.48. The zero-order chi connectivity index (χ0) is 78.6. The number of nitrogens with one attached hydrogen (secondary N) is 4. The minimum absolute atomic E-state index is 0.0538. The van der Waals surface area contributed by atoms with E-state index in [1.54, 1.807) is 65.8 Å². The van der Waals surface area contributed by atoms with E-state index in [4.69, 9.17) is 67.3 Å². The summed E-state index contributed by atoms with van der Waals surface area (Å²) in [6, 6.07) is 28.3. The number of nitrogens with zero attached hydrogens (tertiary/aromatic N) is 6. The average molecular weight is 1520 g/mol. The first-order valence-electron chi connectivity index (χ1n) is 37.4. The number of carbonyl (C=O) groups excluding carboxylic acids is 3. The van der Waals surface area contributed by atoms with Crippen molar-refractivity contribution in [3.63, 3.8) is 0 Å². The van der Waals surface area contributed by atoms with Crippen molar-refractivity contribution in [2.24, 2.45) is 44.6 Å². The number of amides is 1. The van der Waals surface area contributed by atoms with E-state index in [9.17, 15) is 34.8 Å². The number of hydrogen-bond acceptors (Lipinski definition) is 21. The van der Waals surface area contributed by atoms with Crippen LogP contribution in [0.1, 0.15) is 132 Å². The first kappa shape index (κ1) is 83.7. The normalized spacial score (nSPS) is 24.1. The lowest BCUT2D eigenvalue weighted by Crippen LogP contribution is -2.47. The number of piperidine rings is 1. The van der Waals surface area contributed by atoms with Gasteiger partial charge in [0.05, 0.1) is 87.9 Å². The Balaban J connectivity index is 0.000000236. The number of para-hydroxylation sites is 2. The van der Waals surface area contributed by atoms with Crippen LogP contribution in [0.3, 0.4) is 0 Å². The zero-order valence-corrected chi connectivity index (χ0v) is 66.2. The number of halogens is 2. The number of allylic oxidation sites excluding steroid dienone is 2. The van der Waals surface area contributed by atoms with Crippen LogP contribution >= 0.6 is 23.2 Å². The van der Waals surface area contributed by atoms with E-state index < -0.39 is 82.9 Å². The molecule has 0 radical (unpaired) electrons. The zero-order valence-electron chi connectivity index (χ0n) is 64.7. The van der Waals surface area contributed by atoms with Gasteiger partial charge in [-0.25, -0.2) is 9.98 Å². The average Bonchev–Trinajstić information content (AvgIpc) is 1.52. The minimum atomic E-state index is -1.95. The van der Waals surface area contributed by atoms with E-state index in [1.165, 1.54) is 27.2 Å². The second-order valence-corrected chi connectivity index (χ2v) is 30.5. The van der Waals surface area contributed by atoms with Crippen LogP contribution in [0, 0.1) is 36.5 Å². The number of aromatic hydroxyl groups is 2. The van der Waals surface area contributed by atoms with Crippen LogP contribution in [-0.4, -0.2) is 170 Å². The van der Waals surface area contributed by atoms with Crippen molar-refractivity contribution < 1.29 is 64.0 Å². The van der Waals surface area contributed by atoms with Gasteiger partial charge in [0, 0.05) is 146 Å². The Kier molecular flexibility index (Phi) is 28.6. The third kappa shape index (κ3) is 19.3. The van der Waals surface area contributed by atoms with Gasteiger partial charge in [-0.15, -0.1) is 0 Å². The number of phenolic OH excluding ortho intramolecular Hbond substituents is 2. The summed E-state index contributed by atoms with van der Waals surface area (Å²) in [4.78, 5) is 62.8. The fraction of sp³-hybridized carbons (Fsp3) is 0.482. The molecule has 5 aromatic rings. The maximum atomic E-state index is 14.7. The second kappa shape index (κ2) is 36.9. The fourth-order valence-electron chi connectivity index (χ4n) is 14.4. The number of ketones is 1. The number of likely N-dealkylation sites (tertiary alicyclic amines) is 1. The lowest BCUT2D eigenvalue weighted by atomic mass is 9.78.